The van der Waals surface area contributed by atoms with E-state index in [4.69, 9.17) is 14.6 Å². The molecule has 8 nitrogen and oxygen atoms in total. The van der Waals surface area contributed by atoms with E-state index in [1.165, 1.54) is 7.05 Å². The van der Waals surface area contributed by atoms with Gasteiger partial charge in [0.1, 0.15) is 29.8 Å². The lowest BCUT2D eigenvalue weighted by Gasteiger charge is -2.37. The lowest BCUT2D eigenvalue weighted by Crippen LogP contribution is -2.55. The fraction of sp³-hybridized carbons (Fsp3) is 0.778. The molecule has 9 heteroatoms. The van der Waals surface area contributed by atoms with Crippen molar-refractivity contribution in [3.63, 3.8) is 0 Å². The highest BCUT2D eigenvalue weighted by molar-refractivity contribution is 8.14. The summed E-state index contributed by atoms with van der Waals surface area (Å²) in [6.45, 7) is -0.409. The van der Waals surface area contributed by atoms with E-state index in [9.17, 15) is 15.0 Å². The second-order valence-corrected chi connectivity index (χ2v) is 4.90. The molecule has 2 aliphatic heterocycles. The molecule has 4 N–H and O–H groups in total. The van der Waals surface area contributed by atoms with Crippen LogP contribution in [0.3, 0.4) is 0 Å². The number of amides is 1. The molecule has 0 spiro atoms. The third kappa shape index (κ3) is 2.45. The normalized spacial score (nSPS) is 38.9. The first-order chi connectivity index (χ1) is 8.56. The topological polar surface area (TPSA) is 121 Å². The average molecular weight is 278 g/mol. The summed E-state index contributed by atoms with van der Waals surface area (Å²) >= 11 is 1.03. The molecule has 0 saturated carbocycles. The van der Waals surface area contributed by atoms with Gasteiger partial charge < -0.3 is 30.1 Å². The number of aliphatic hydroxyl groups excluding tert-OH is 3. The van der Waals surface area contributed by atoms with E-state index >= 15 is 0 Å². The molecule has 5 atom stereocenters. The maximum absolute atomic E-state index is 11.0. The lowest BCUT2D eigenvalue weighted by atomic mass is 9.99. The maximum Gasteiger partial charge on any atom is 0.414 e. The number of fused-ring (bicyclic) bond motifs is 1. The van der Waals surface area contributed by atoms with Crippen molar-refractivity contribution in [1.82, 2.24) is 5.32 Å². The number of rotatable bonds is 1. The summed E-state index contributed by atoms with van der Waals surface area (Å²) in [5, 5.41) is 30.8. The Labute approximate surface area is 107 Å². The molecule has 0 bridgehead atoms. The number of nitrogens with one attached hydrogen (secondary N) is 1. The molecular weight excluding hydrogens is 264 g/mol. The standard InChI is InChI=1S/C9H14N2O6S/c1-10-8(15)17-9-11-4-6(14)5(13)3(2-12)16-7(4)18-9/h3-7,12-14H,2H2,1H3,(H,10,15)/t3-,4-,5-,6-,7-/m1/s1. The van der Waals surface area contributed by atoms with Crippen LogP contribution in [0.1, 0.15) is 0 Å². The highest BCUT2D eigenvalue weighted by atomic mass is 32.2. The minimum Gasteiger partial charge on any atom is -0.394 e. The molecule has 1 fully saturated rings. The van der Waals surface area contributed by atoms with Crippen LogP contribution in [-0.2, 0) is 9.47 Å². The van der Waals surface area contributed by atoms with E-state index in [0.717, 1.165) is 11.8 Å². The predicted octanol–water partition coefficient (Wildman–Crippen LogP) is -1.75. The molecule has 0 aliphatic carbocycles. The van der Waals surface area contributed by atoms with E-state index in [0.29, 0.717) is 0 Å². The van der Waals surface area contributed by atoms with Gasteiger partial charge in [0.25, 0.3) is 5.23 Å². The first-order valence-electron chi connectivity index (χ1n) is 5.33. The zero-order valence-corrected chi connectivity index (χ0v) is 10.3. The number of ether oxygens (including phenoxy) is 2. The van der Waals surface area contributed by atoms with Crippen molar-refractivity contribution in [2.75, 3.05) is 13.7 Å². The van der Waals surface area contributed by atoms with Gasteiger partial charge in [0, 0.05) is 7.05 Å². The van der Waals surface area contributed by atoms with Crippen LogP contribution in [0.2, 0.25) is 0 Å². The number of thioether (sulfide) groups is 1. The molecule has 0 aromatic heterocycles. The molecule has 1 amide bonds. The van der Waals surface area contributed by atoms with Gasteiger partial charge in [-0.25, -0.2) is 9.79 Å². The van der Waals surface area contributed by atoms with Crippen molar-refractivity contribution in [1.29, 1.82) is 0 Å². The smallest absolute Gasteiger partial charge is 0.394 e. The zero-order chi connectivity index (χ0) is 13.3. The maximum atomic E-state index is 11.0. The van der Waals surface area contributed by atoms with E-state index in [1.54, 1.807) is 0 Å². The summed E-state index contributed by atoms with van der Waals surface area (Å²) in [6, 6.07) is -0.715. The number of aliphatic hydroxyl groups is 3. The SMILES string of the molecule is CNC(=O)OC1=N[C@@H]2[C@@H](O)[C@H](O)[C@@H](CO)O[C@@H]2S1. The Morgan fingerprint density at radius 1 is 1.56 bits per heavy atom. The monoisotopic (exact) mass is 278 g/mol. The summed E-state index contributed by atoms with van der Waals surface area (Å²) in [6.07, 6.45) is -3.93. The summed E-state index contributed by atoms with van der Waals surface area (Å²) in [5.41, 5.74) is -0.583. The van der Waals surface area contributed by atoms with Crippen LogP contribution >= 0.6 is 11.8 Å². The fourth-order valence-corrected chi connectivity index (χ4v) is 2.80. The Kier molecular flexibility index (Phi) is 4.07. The first kappa shape index (κ1) is 13.6. The van der Waals surface area contributed by atoms with Crippen molar-refractivity contribution < 1.29 is 29.6 Å². The van der Waals surface area contributed by atoms with E-state index in [2.05, 4.69) is 10.3 Å². The van der Waals surface area contributed by atoms with Crippen LogP contribution in [0, 0.1) is 0 Å². The largest absolute Gasteiger partial charge is 0.414 e. The lowest BCUT2D eigenvalue weighted by molar-refractivity contribution is -0.164. The summed E-state index contributed by atoms with van der Waals surface area (Å²) < 4.78 is 10.2. The zero-order valence-electron chi connectivity index (χ0n) is 9.52. The molecule has 1 saturated heterocycles. The molecule has 2 aliphatic rings. The average Bonchev–Trinajstić information content (AvgIpc) is 2.76. The summed E-state index contributed by atoms with van der Waals surface area (Å²) in [5.74, 6) is 0. The van der Waals surface area contributed by atoms with Gasteiger partial charge >= 0.3 is 6.09 Å². The Bertz CT molecular complexity index is 365. The van der Waals surface area contributed by atoms with Crippen molar-refractivity contribution in [3.8, 4) is 0 Å². The van der Waals surface area contributed by atoms with Gasteiger partial charge in [0.05, 0.1) is 6.61 Å². The molecule has 102 valence electrons. The Morgan fingerprint density at radius 2 is 2.28 bits per heavy atom. The molecule has 2 rings (SSSR count). The van der Waals surface area contributed by atoms with Gasteiger partial charge in [-0.2, -0.15) is 0 Å². The third-order valence-electron chi connectivity index (χ3n) is 2.70. The van der Waals surface area contributed by atoms with Gasteiger partial charge in [-0.1, -0.05) is 0 Å². The van der Waals surface area contributed by atoms with Gasteiger partial charge in [-0.15, -0.1) is 0 Å². The van der Waals surface area contributed by atoms with Gasteiger partial charge in [0.2, 0.25) is 0 Å². The van der Waals surface area contributed by atoms with Crippen molar-refractivity contribution in [2.45, 2.75) is 29.8 Å². The molecular formula is C9H14N2O6S. The number of hydrogen-bond acceptors (Lipinski definition) is 8. The quantitative estimate of drug-likeness (QED) is 0.449. The minimum absolute atomic E-state index is 0.0641. The van der Waals surface area contributed by atoms with E-state index in [-0.39, 0.29) is 5.23 Å². The predicted molar refractivity (Wildman–Crippen MR) is 62.1 cm³/mol. The van der Waals surface area contributed by atoms with Gasteiger partial charge in [0.15, 0.2) is 0 Å². The minimum atomic E-state index is -1.22. The molecule has 18 heavy (non-hydrogen) atoms. The van der Waals surface area contributed by atoms with Gasteiger partial charge in [-0.3, -0.25) is 0 Å². The second kappa shape index (κ2) is 5.41. The summed E-state index contributed by atoms with van der Waals surface area (Å²) in [4.78, 5) is 15.0. The Hall–Kier alpha value is -0.870. The molecule has 0 unspecified atom stereocenters. The highest BCUT2D eigenvalue weighted by Gasteiger charge is 2.48. The fourth-order valence-electron chi connectivity index (χ4n) is 1.73. The van der Waals surface area contributed by atoms with E-state index < -0.39 is 42.5 Å². The van der Waals surface area contributed by atoms with Crippen molar-refractivity contribution in [2.24, 2.45) is 4.99 Å². The number of aliphatic imine (C=N–C) groups is 1. The Balaban J connectivity index is 2.05. The Morgan fingerprint density at radius 3 is 2.89 bits per heavy atom. The van der Waals surface area contributed by atoms with Crippen LogP contribution in [-0.4, -0.2) is 70.1 Å². The second-order valence-electron chi connectivity index (χ2n) is 3.85. The number of carbonyl (C=O) groups excluding carboxylic acids is 1. The summed E-state index contributed by atoms with van der Waals surface area (Å²) in [7, 11) is 1.41. The van der Waals surface area contributed by atoms with Crippen LogP contribution in [0.25, 0.3) is 0 Å². The van der Waals surface area contributed by atoms with Gasteiger partial charge in [-0.05, 0) is 11.8 Å². The first-order valence-corrected chi connectivity index (χ1v) is 6.21. The highest BCUT2D eigenvalue weighted by Crippen LogP contribution is 2.36. The molecule has 0 aromatic carbocycles. The van der Waals surface area contributed by atoms with Crippen LogP contribution in [0.15, 0.2) is 4.99 Å². The van der Waals surface area contributed by atoms with Crippen LogP contribution < -0.4 is 5.32 Å². The van der Waals surface area contributed by atoms with Crippen LogP contribution in [0.4, 0.5) is 4.79 Å². The number of hydrogen-bond donors (Lipinski definition) is 4. The number of carbonyl (C=O) groups is 1. The van der Waals surface area contributed by atoms with Crippen molar-refractivity contribution in [3.05, 3.63) is 0 Å². The number of nitrogens with zero attached hydrogens (tertiary/aromatic N) is 1. The molecule has 2 heterocycles. The molecule has 0 radical (unpaired) electrons. The molecule has 0 aromatic rings. The third-order valence-corrected chi connectivity index (χ3v) is 3.72. The van der Waals surface area contributed by atoms with Crippen LogP contribution in [0.5, 0.6) is 0 Å². The number of alkyl carbamates (subject to hydrolysis) is 1. The van der Waals surface area contributed by atoms with Crippen molar-refractivity contribution >= 4 is 23.1 Å². The van der Waals surface area contributed by atoms with E-state index in [1.807, 2.05) is 0 Å².